The maximum atomic E-state index is 11.4. The molecule has 3 heterocycles. The van der Waals surface area contributed by atoms with Gasteiger partial charge in [-0.3, -0.25) is 9.13 Å². The van der Waals surface area contributed by atoms with Gasteiger partial charge in [0.25, 0.3) is 0 Å². The van der Waals surface area contributed by atoms with Crippen molar-refractivity contribution >= 4 is 34.6 Å². The van der Waals surface area contributed by atoms with Crippen molar-refractivity contribution in [2.45, 2.75) is 36.0 Å². The highest BCUT2D eigenvalue weighted by molar-refractivity contribution is 7.89. The van der Waals surface area contributed by atoms with Crippen LogP contribution in [0.1, 0.15) is 11.8 Å². The molecule has 0 saturated carbocycles. The third-order valence-electron chi connectivity index (χ3n) is 5.22. The quantitative estimate of drug-likeness (QED) is 0.180. The Morgan fingerprint density at radius 3 is 2.51 bits per heavy atom. The van der Waals surface area contributed by atoms with Crippen LogP contribution in [0.3, 0.4) is 0 Å². The Morgan fingerprint density at radius 2 is 1.86 bits per heavy atom. The number of anilines is 1. The zero-order valence-electron chi connectivity index (χ0n) is 17.9. The number of nitrogens with one attached hydrogen (secondary N) is 1. The largest absolute Gasteiger partial charge is 0.387 e. The molecule has 1 aliphatic rings. The van der Waals surface area contributed by atoms with E-state index in [0.29, 0.717) is 17.0 Å². The number of aromatic nitrogens is 4. The summed E-state index contributed by atoms with van der Waals surface area (Å²) in [4.78, 5) is 30.4. The number of fused-ring (bicyclic) bond motifs is 1. The van der Waals surface area contributed by atoms with Gasteiger partial charge in [0, 0.05) is 6.54 Å². The van der Waals surface area contributed by atoms with Gasteiger partial charge in [0.2, 0.25) is 10.0 Å². The van der Waals surface area contributed by atoms with E-state index in [0.717, 1.165) is 5.56 Å². The van der Waals surface area contributed by atoms with E-state index in [-0.39, 0.29) is 18.0 Å². The third-order valence-corrected chi connectivity index (χ3v) is 6.67. The molecule has 35 heavy (non-hydrogen) atoms. The van der Waals surface area contributed by atoms with Gasteiger partial charge >= 0.3 is 7.60 Å². The number of aliphatic hydroxyl groups is 2. The van der Waals surface area contributed by atoms with Crippen molar-refractivity contribution in [1.29, 1.82) is 0 Å². The van der Waals surface area contributed by atoms with E-state index in [1.54, 1.807) is 12.1 Å². The van der Waals surface area contributed by atoms with Crippen LogP contribution < -0.4 is 10.5 Å². The van der Waals surface area contributed by atoms with Crippen LogP contribution in [0.2, 0.25) is 0 Å². The molecular weight excluding hydrogens is 507 g/mol. The first-order valence-electron chi connectivity index (χ1n) is 10.1. The molecule has 4 rings (SSSR count). The van der Waals surface area contributed by atoms with Crippen LogP contribution in [0, 0.1) is 0 Å². The van der Waals surface area contributed by atoms with Crippen LogP contribution in [-0.2, 0) is 30.6 Å². The summed E-state index contributed by atoms with van der Waals surface area (Å²) in [5.74, 6) is 0.360. The molecule has 4 atom stereocenters. The first kappa shape index (κ1) is 25.6. The van der Waals surface area contributed by atoms with E-state index in [2.05, 4.69) is 20.3 Å². The third kappa shape index (κ3) is 5.83. The molecule has 0 radical (unpaired) electrons. The van der Waals surface area contributed by atoms with Crippen molar-refractivity contribution in [3.05, 3.63) is 42.5 Å². The Bertz CT molecular complexity index is 1350. The van der Waals surface area contributed by atoms with E-state index in [1.165, 1.54) is 29.4 Å². The SMILES string of the molecule is NS(=O)(=O)c1ccc(CNc2ncnc3c2ncn3[C@@H]2O[C@H](COCP(=O)(O)O)[C@@H](O)[C@H]2O)cc1. The molecule has 0 unspecified atom stereocenters. The summed E-state index contributed by atoms with van der Waals surface area (Å²) in [5.41, 5.74) is 1.39. The molecule has 17 heteroatoms. The van der Waals surface area contributed by atoms with Crippen molar-refractivity contribution in [1.82, 2.24) is 19.5 Å². The summed E-state index contributed by atoms with van der Waals surface area (Å²) >= 11 is 0. The van der Waals surface area contributed by atoms with Crippen LogP contribution in [0.5, 0.6) is 0 Å². The van der Waals surface area contributed by atoms with Crippen molar-refractivity contribution < 1.29 is 42.5 Å². The maximum Gasteiger partial charge on any atom is 0.350 e. The minimum absolute atomic E-state index is 0.00725. The second-order valence-electron chi connectivity index (χ2n) is 7.80. The van der Waals surface area contributed by atoms with Gasteiger partial charge in [0.05, 0.1) is 17.8 Å². The van der Waals surface area contributed by atoms with Crippen LogP contribution in [0.25, 0.3) is 11.2 Å². The molecule has 1 aromatic carbocycles. The maximum absolute atomic E-state index is 11.4. The van der Waals surface area contributed by atoms with Gasteiger partial charge in [0.15, 0.2) is 23.2 Å². The molecule has 0 aliphatic carbocycles. The topological polar surface area (TPSA) is 232 Å². The highest BCUT2D eigenvalue weighted by Crippen LogP contribution is 2.36. The lowest BCUT2D eigenvalue weighted by atomic mass is 10.1. The Morgan fingerprint density at radius 1 is 1.14 bits per heavy atom. The fourth-order valence-electron chi connectivity index (χ4n) is 3.53. The number of aliphatic hydroxyl groups excluding tert-OH is 2. The zero-order chi connectivity index (χ0) is 25.4. The molecule has 0 amide bonds. The second kappa shape index (κ2) is 9.85. The van der Waals surface area contributed by atoms with E-state index >= 15 is 0 Å². The van der Waals surface area contributed by atoms with Crippen LogP contribution in [0.4, 0.5) is 5.82 Å². The zero-order valence-corrected chi connectivity index (χ0v) is 19.7. The fraction of sp³-hybridized carbons (Fsp3) is 0.389. The number of rotatable bonds is 9. The summed E-state index contributed by atoms with van der Waals surface area (Å²) < 4.78 is 45.7. The Labute approximate surface area is 198 Å². The van der Waals surface area contributed by atoms with Gasteiger partial charge in [-0.05, 0) is 17.7 Å². The minimum atomic E-state index is -4.39. The predicted octanol–water partition coefficient (Wildman–Crippen LogP) is -1.14. The van der Waals surface area contributed by atoms with Gasteiger partial charge in [-0.25, -0.2) is 28.5 Å². The van der Waals surface area contributed by atoms with Crippen LogP contribution >= 0.6 is 7.60 Å². The molecule has 7 N–H and O–H groups in total. The number of sulfonamides is 1. The molecule has 15 nitrogen and oxygen atoms in total. The summed E-state index contributed by atoms with van der Waals surface area (Å²) in [6, 6.07) is 5.98. The highest BCUT2D eigenvalue weighted by atomic mass is 32.2. The summed E-state index contributed by atoms with van der Waals surface area (Å²) in [6.07, 6.45) is -3.13. The van der Waals surface area contributed by atoms with Crippen molar-refractivity contribution in [3.8, 4) is 0 Å². The fourth-order valence-corrected chi connectivity index (χ4v) is 4.39. The van der Waals surface area contributed by atoms with Gasteiger partial charge in [0.1, 0.15) is 31.0 Å². The van der Waals surface area contributed by atoms with Crippen molar-refractivity contribution in [2.75, 3.05) is 18.3 Å². The normalized spacial score (nSPS) is 23.1. The Balaban J connectivity index is 1.48. The highest BCUT2D eigenvalue weighted by Gasteiger charge is 2.44. The van der Waals surface area contributed by atoms with Gasteiger partial charge in [-0.15, -0.1) is 0 Å². The monoisotopic (exact) mass is 530 g/mol. The minimum Gasteiger partial charge on any atom is -0.387 e. The number of imidazole rings is 1. The van der Waals surface area contributed by atoms with Gasteiger partial charge in [-0.1, -0.05) is 12.1 Å². The number of nitrogens with two attached hydrogens (primary N) is 1. The van der Waals surface area contributed by atoms with Crippen LogP contribution in [0.15, 0.2) is 41.8 Å². The molecular formula is C18H23N6O9PS. The lowest BCUT2D eigenvalue weighted by molar-refractivity contribution is -0.0612. The number of benzene rings is 1. The number of hydrogen-bond donors (Lipinski definition) is 6. The molecule has 1 saturated heterocycles. The second-order valence-corrected chi connectivity index (χ2v) is 10.9. The molecule has 1 aliphatic heterocycles. The Hall–Kier alpha value is -2.53. The van der Waals surface area contributed by atoms with E-state index in [4.69, 9.17) is 24.4 Å². The van der Waals surface area contributed by atoms with Crippen molar-refractivity contribution in [3.63, 3.8) is 0 Å². The summed E-state index contributed by atoms with van der Waals surface area (Å²) in [6.45, 7) is -0.0668. The number of ether oxygens (including phenoxy) is 2. The molecule has 3 aromatic rings. The average molecular weight is 530 g/mol. The van der Waals surface area contributed by atoms with E-state index in [1.807, 2.05) is 0 Å². The lowest BCUT2D eigenvalue weighted by Gasteiger charge is -2.16. The van der Waals surface area contributed by atoms with E-state index < -0.39 is 48.5 Å². The summed E-state index contributed by atoms with van der Waals surface area (Å²) in [7, 11) is -8.18. The molecule has 2 aromatic heterocycles. The molecule has 1 fully saturated rings. The van der Waals surface area contributed by atoms with E-state index in [9.17, 15) is 23.2 Å². The Kier molecular flexibility index (Phi) is 7.19. The lowest BCUT2D eigenvalue weighted by Crippen LogP contribution is -2.33. The molecule has 190 valence electrons. The number of nitrogens with zero attached hydrogens (tertiary/aromatic N) is 4. The first-order chi connectivity index (χ1) is 16.4. The predicted molar refractivity (Wildman–Crippen MR) is 119 cm³/mol. The average Bonchev–Trinajstić information content (AvgIpc) is 3.33. The number of hydrogen-bond acceptors (Lipinski definition) is 11. The van der Waals surface area contributed by atoms with Gasteiger partial charge < -0.3 is 34.8 Å². The summed E-state index contributed by atoms with van der Waals surface area (Å²) in [5, 5.41) is 29.0. The smallest absolute Gasteiger partial charge is 0.350 e. The van der Waals surface area contributed by atoms with Crippen LogP contribution in [-0.4, -0.2) is 79.2 Å². The van der Waals surface area contributed by atoms with Gasteiger partial charge in [-0.2, -0.15) is 0 Å². The molecule has 0 bridgehead atoms. The standard InChI is InChI=1S/C18H23N6O9PS/c19-35(30,31)11-3-1-10(2-4-11)5-20-16-13-17(22-7-21-16)24(8-23-13)18-15(26)14(25)12(33-18)6-32-9-34(27,28)29/h1-4,7-8,12,14-15,18,25-26H,5-6,9H2,(H2,19,30,31)(H,20,21,22)(H2,27,28,29)/t12-,14-,15-,18-/m1/s1. The molecule has 0 spiro atoms. The van der Waals surface area contributed by atoms with Crippen molar-refractivity contribution in [2.24, 2.45) is 5.14 Å². The number of primary sulfonamides is 1. The first-order valence-corrected chi connectivity index (χ1v) is 13.5.